The Morgan fingerprint density at radius 1 is 1.41 bits per heavy atom. The Hall–Kier alpha value is -2.01. The zero-order chi connectivity index (χ0) is 16.3. The average molecular weight is 323 g/mol. The van der Waals surface area contributed by atoms with Gasteiger partial charge in [-0.2, -0.15) is 0 Å². The van der Waals surface area contributed by atoms with Crippen LogP contribution >= 0.6 is 11.6 Å². The predicted molar refractivity (Wildman–Crippen MR) is 84.4 cm³/mol. The normalized spacial score (nSPS) is 18.0. The number of urea groups is 1. The fourth-order valence-corrected chi connectivity index (χ4v) is 2.42. The van der Waals surface area contributed by atoms with Crippen LogP contribution < -0.4 is 10.6 Å². The van der Waals surface area contributed by atoms with E-state index in [4.69, 9.17) is 16.3 Å². The van der Waals surface area contributed by atoms with Gasteiger partial charge >= 0.3 is 12.0 Å². The van der Waals surface area contributed by atoms with E-state index >= 15 is 0 Å². The number of hydrogen-bond donors (Lipinski definition) is 2. The van der Waals surface area contributed by atoms with E-state index in [-0.39, 0.29) is 11.9 Å². The van der Waals surface area contributed by atoms with E-state index in [0.717, 1.165) is 5.56 Å². The average Bonchev–Trinajstić information content (AvgIpc) is 2.44. The summed E-state index contributed by atoms with van der Waals surface area (Å²) in [5, 5.41) is 5.89. The third-order valence-corrected chi connectivity index (χ3v) is 3.45. The molecule has 2 amide bonds. The molecular weight excluding hydrogens is 304 g/mol. The van der Waals surface area contributed by atoms with E-state index in [1.807, 2.05) is 19.9 Å². The molecule has 0 saturated heterocycles. The summed E-state index contributed by atoms with van der Waals surface area (Å²) in [5.74, 6) is -0.204. The zero-order valence-corrected chi connectivity index (χ0v) is 13.5. The van der Waals surface area contributed by atoms with Crippen LogP contribution in [0.2, 0.25) is 5.02 Å². The lowest BCUT2D eigenvalue weighted by Crippen LogP contribution is -2.45. The molecule has 1 aromatic carbocycles. The van der Waals surface area contributed by atoms with E-state index in [1.165, 1.54) is 0 Å². The first-order valence-electron chi connectivity index (χ1n) is 7.09. The lowest BCUT2D eigenvalue weighted by atomic mass is 9.95. The van der Waals surface area contributed by atoms with Gasteiger partial charge in [0.15, 0.2) is 0 Å². The first kappa shape index (κ1) is 16.4. The molecule has 0 spiro atoms. The molecular formula is C16H19ClN2O3. The molecule has 2 rings (SSSR count). The van der Waals surface area contributed by atoms with Gasteiger partial charge < -0.3 is 15.4 Å². The third kappa shape index (κ3) is 3.80. The van der Waals surface area contributed by atoms with Gasteiger partial charge in [-0.1, -0.05) is 37.6 Å². The summed E-state index contributed by atoms with van der Waals surface area (Å²) in [6.45, 7) is 5.93. The highest BCUT2D eigenvalue weighted by molar-refractivity contribution is 6.30. The molecule has 1 aromatic rings. The van der Waals surface area contributed by atoms with Gasteiger partial charge in [-0.3, -0.25) is 0 Å². The van der Waals surface area contributed by atoms with E-state index in [2.05, 4.69) is 10.6 Å². The summed E-state index contributed by atoms with van der Waals surface area (Å²) in [7, 11) is 0. The Bertz CT molecular complexity index is 626. The van der Waals surface area contributed by atoms with Crippen LogP contribution in [0.4, 0.5) is 4.79 Å². The van der Waals surface area contributed by atoms with E-state index < -0.39 is 12.0 Å². The lowest BCUT2D eigenvalue weighted by molar-refractivity contribution is -0.140. The largest absolute Gasteiger partial charge is 0.462 e. The number of benzene rings is 1. The van der Waals surface area contributed by atoms with Crippen molar-refractivity contribution in [2.75, 3.05) is 6.61 Å². The standard InChI is InChI=1S/C16H19ClN2O3/c1-9(2)8-22-15(20)13-10(3)18-16(21)19-14(13)11-5-4-6-12(17)7-11/h4-7,9,14H,8H2,1-3H3,(H2,18,19,21). The topological polar surface area (TPSA) is 67.4 Å². The number of esters is 1. The number of nitrogens with one attached hydrogen (secondary N) is 2. The second kappa shape index (κ2) is 6.83. The minimum Gasteiger partial charge on any atom is -0.462 e. The highest BCUT2D eigenvalue weighted by Gasteiger charge is 2.32. The van der Waals surface area contributed by atoms with Gasteiger partial charge in [0.05, 0.1) is 18.2 Å². The minimum atomic E-state index is -0.577. The molecule has 1 aliphatic rings. The maximum atomic E-state index is 12.4. The summed E-state index contributed by atoms with van der Waals surface area (Å²) >= 11 is 6.01. The van der Waals surface area contributed by atoms with Gasteiger partial charge in [0.1, 0.15) is 0 Å². The molecule has 1 unspecified atom stereocenters. The van der Waals surface area contributed by atoms with E-state index in [9.17, 15) is 9.59 Å². The van der Waals surface area contributed by atoms with Crippen LogP contribution in [-0.2, 0) is 9.53 Å². The monoisotopic (exact) mass is 322 g/mol. The van der Waals surface area contributed by atoms with Gasteiger partial charge in [0, 0.05) is 10.7 Å². The molecule has 1 aliphatic heterocycles. The summed E-state index contributed by atoms with van der Waals surface area (Å²) in [4.78, 5) is 24.1. The van der Waals surface area contributed by atoms with Crippen molar-refractivity contribution in [3.05, 3.63) is 46.1 Å². The number of ether oxygens (including phenoxy) is 1. The SMILES string of the molecule is CC1=C(C(=O)OCC(C)C)C(c2cccc(Cl)c2)NC(=O)N1. The summed E-state index contributed by atoms with van der Waals surface area (Å²) in [5.41, 5.74) is 1.61. The fourth-order valence-electron chi connectivity index (χ4n) is 2.22. The number of carbonyl (C=O) groups is 2. The van der Waals surface area contributed by atoms with Crippen LogP contribution in [-0.4, -0.2) is 18.6 Å². The number of hydrogen-bond acceptors (Lipinski definition) is 3. The number of rotatable bonds is 4. The second-order valence-corrected chi connectivity index (χ2v) is 6.05. The quantitative estimate of drug-likeness (QED) is 0.837. The van der Waals surface area contributed by atoms with Crippen LogP contribution in [0.3, 0.4) is 0 Å². The third-order valence-electron chi connectivity index (χ3n) is 3.22. The van der Waals surface area contributed by atoms with Crippen LogP contribution in [0, 0.1) is 5.92 Å². The summed E-state index contributed by atoms with van der Waals surface area (Å²) in [6.07, 6.45) is 0. The van der Waals surface area contributed by atoms with Gasteiger partial charge in [0.2, 0.25) is 0 Å². The number of allylic oxidation sites excluding steroid dienone is 1. The molecule has 0 bridgehead atoms. The Morgan fingerprint density at radius 3 is 2.77 bits per heavy atom. The molecule has 22 heavy (non-hydrogen) atoms. The van der Waals surface area contributed by atoms with Crippen molar-refractivity contribution in [2.45, 2.75) is 26.8 Å². The molecule has 6 heteroatoms. The van der Waals surface area contributed by atoms with Crippen LogP contribution in [0.15, 0.2) is 35.5 Å². The van der Waals surface area contributed by atoms with Crippen LogP contribution in [0.5, 0.6) is 0 Å². The van der Waals surface area contributed by atoms with E-state index in [1.54, 1.807) is 25.1 Å². The Morgan fingerprint density at radius 2 is 2.14 bits per heavy atom. The van der Waals surface area contributed by atoms with Crippen molar-refractivity contribution < 1.29 is 14.3 Å². The maximum Gasteiger partial charge on any atom is 0.338 e. The molecule has 0 aliphatic carbocycles. The molecule has 118 valence electrons. The second-order valence-electron chi connectivity index (χ2n) is 5.62. The minimum absolute atomic E-state index is 0.237. The number of carbonyl (C=O) groups excluding carboxylic acids is 2. The van der Waals surface area contributed by atoms with Gasteiger partial charge in [0.25, 0.3) is 0 Å². The van der Waals surface area contributed by atoms with Crippen molar-refractivity contribution in [1.82, 2.24) is 10.6 Å². The zero-order valence-electron chi connectivity index (χ0n) is 12.8. The van der Waals surface area contributed by atoms with Crippen molar-refractivity contribution in [2.24, 2.45) is 5.92 Å². The van der Waals surface area contributed by atoms with Crippen molar-refractivity contribution in [3.8, 4) is 0 Å². The van der Waals surface area contributed by atoms with Crippen molar-refractivity contribution >= 4 is 23.6 Å². The number of amides is 2. The fraction of sp³-hybridized carbons (Fsp3) is 0.375. The first-order chi connectivity index (χ1) is 10.4. The Balaban J connectivity index is 2.34. The molecule has 1 heterocycles. The molecule has 0 aromatic heterocycles. The number of halogens is 1. The molecule has 2 N–H and O–H groups in total. The van der Waals surface area contributed by atoms with Crippen molar-refractivity contribution in [1.29, 1.82) is 0 Å². The lowest BCUT2D eigenvalue weighted by Gasteiger charge is -2.28. The predicted octanol–water partition coefficient (Wildman–Crippen LogP) is 3.17. The molecule has 5 nitrogen and oxygen atoms in total. The Labute approximate surface area is 134 Å². The van der Waals surface area contributed by atoms with Crippen LogP contribution in [0.1, 0.15) is 32.4 Å². The van der Waals surface area contributed by atoms with Gasteiger partial charge in [-0.25, -0.2) is 9.59 Å². The van der Waals surface area contributed by atoms with Gasteiger partial charge in [-0.05, 0) is 30.5 Å². The Kier molecular flexibility index (Phi) is 5.08. The highest BCUT2D eigenvalue weighted by atomic mass is 35.5. The smallest absolute Gasteiger partial charge is 0.338 e. The van der Waals surface area contributed by atoms with Crippen molar-refractivity contribution in [3.63, 3.8) is 0 Å². The highest BCUT2D eigenvalue weighted by Crippen LogP contribution is 2.29. The summed E-state index contributed by atoms with van der Waals surface area (Å²) in [6, 6.07) is 6.11. The van der Waals surface area contributed by atoms with Crippen LogP contribution in [0.25, 0.3) is 0 Å². The summed E-state index contributed by atoms with van der Waals surface area (Å²) < 4.78 is 5.31. The maximum absolute atomic E-state index is 12.4. The van der Waals surface area contributed by atoms with Gasteiger partial charge in [-0.15, -0.1) is 0 Å². The van der Waals surface area contributed by atoms with E-state index in [0.29, 0.717) is 22.9 Å². The molecule has 0 radical (unpaired) electrons. The molecule has 1 atom stereocenters. The molecule has 0 saturated carbocycles. The first-order valence-corrected chi connectivity index (χ1v) is 7.47. The molecule has 0 fully saturated rings.